The SMILES string of the molecule is C#CC1(O)C(C)CC=C2C(C)(C)CCC[C@@]21C. The first-order valence-electron chi connectivity index (χ1n) is 6.69. The molecule has 0 spiro atoms. The van der Waals surface area contributed by atoms with E-state index < -0.39 is 5.60 Å². The number of rotatable bonds is 0. The highest BCUT2D eigenvalue weighted by molar-refractivity contribution is 5.37. The van der Waals surface area contributed by atoms with Gasteiger partial charge >= 0.3 is 0 Å². The van der Waals surface area contributed by atoms with Crippen LogP contribution in [0.25, 0.3) is 0 Å². The summed E-state index contributed by atoms with van der Waals surface area (Å²) in [5.41, 5.74) is 0.350. The summed E-state index contributed by atoms with van der Waals surface area (Å²) in [7, 11) is 0. The second-order valence-electron chi connectivity index (χ2n) is 6.73. The van der Waals surface area contributed by atoms with Gasteiger partial charge in [0, 0.05) is 11.3 Å². The molecule has 0 saturated heterocycles. The lowest BCUT2D eigenvalue weighted by atomic mass is 9.49. The Hall–Kier alpha value is -0.740. The highest BCUT2D eigenvalue weighted by atomic mass is 16.3. The Morgan fingerprint density at radius 2 is 2.00 bits per heavy atom. The van der Waals surface area contributed by atoms with E-state index in [0.717, 1.165) is 19.3 Å². The highest BCUT2D eigenvalue weighted by Gasteiger charge is 2.57. The Bertz CT molecular complexity index is 398. The topological polar surface area (TPSA) is 20.2 Å². The molecule has 0 aliphatic heterocycles. The van der Waals surface area contributed by atoms with E-state index in [1.54, 1.807) is 0 Å². The molecule has 1 nitrogen and oxygen atoms in total. The quantitative estimate of drug-likeness (QED) is 0.500. The fourth-order valence-electron chi connectivity index (χ4n) is 4.11. The van der Waals surface area contributed by atoms with Crippen molar-refractivity contribution in [2.45, 2.75) is 59.0 Å². The Labute approximate surface area is 105 Å². The Morgan fingerprint density at radius 1 is 1.35 bits per heavy atom. The summed E-state index contributed by atoms with van der Waals surface area (Å²) in [6.45, 7) is 8.79. The van der Waals surface area contributed by atoms with E-state index in [1.165, 1.54) is 12.0 Å². The van der Waals surface area contributed by atoms with Crippen LogP contribution in [0.4, 0.5) is 0 Å². The van der Waals surface area contributed by atoms with Crippen molar-refractivity contribution in [1.82, 2.24) is 0 Å². The smallest absolute Gasteiger partial charge is 0.137 e. The van der Waals surface area contributed by atoms with E-state index in [9.17, 15) is 5.11 Å². The minimum Gasteiger partial charge on any atom is -0.376 e. The molecule has 0 heterocycles. The molecule has 0 aromatic rings. The van der Waals surface area contributed by atoms with Crippen molar-refractivity contribution < 1.29 is 5.11 Å². The number of hydrogen-bond acceptors (Lipinski definition) is 1. The summed E-state index contributed by atoms with van der Waals surface area (Å²) in [4.78, 5) is 0. The van der Waals surface area contributed by atoms with Gasteiger partial charge in [0.15, 0.2) is 0 Å². The van der Waals surface area contributed by atoms with Gasteiger partial charge in [-0.1, -0.05) is 51.7 Å². The maximum atomic E-state index is 11.0. The van der Waals surface area contributed by atoms with Crippen LogP contribution in [0.2, 0.25) is 0 Å². The first-order chi connectivity index (χ1) is 7.78. The van der Waals surface area contributed by atoms with Crippen molar-refractivity contribution in [1.29, 1.82) is 0 Å². The summed E-state index contributed by atoms with van der Waals surface area (Å²) in [5.74, 6) is 2.87. The first kappa shape index (κ1) is 12.7. The third-order valence-electron chi connectivity index (χ3n) is 5.25. The van der Waals surface area contributed by atoms with Crippen molar-refractivity contribution in [2.75, 3.05) is 0 Å². The van der Waals surface area contributed by atoms with E-state index in [0.29, 0.717) is 0 Å². The summed E-state index contributed by atoms with van der Waals surface area (Å²) in [6, 6.07) is 0. The lowest BCUT2D eigenvalue weighted by Crippen LogP contribution is -2.56. The van der Waals surface area contributed by atoms with Gasteiger partial charge in [-0.2, -0.15) is 0 Å². The third-order valence-corrected chi connectivity index (χ3v) is 5.25. The molecular formula is C16H24O. The van der Waals surface area contributed by atoms with E-state index in [4.69, 9.17) is 6.42 Å². The number of fused-ring (bicyclic) bond motifs is 1. The van der Waals surface area contributed by atoms with E-state index in [-0.39, 0.29) is 16.7 Å². The van der Waals surface area contributed by atoms with Crippen LogP contribution in [0.1, 0.15) is 53.4 Å². The summed E-state index contributed by atoms with van der Waals surface area (Å²) in [5, 5.41) is 11.0. The van der Waals surface area contributed by atoms with E-state index in [2.05, 4.69) is 39.7 Å². The Morgan fingerprint density at radius 3 is 2.59 bits per heavy atom. The van der Waals surface area contributed by atoms with Crippen LogP contribution in [0.15, 0.2) is 11.6 Å². The summed E-state index contributed by atoms with van der Waals surface area (Å²) in [6.07, 6.45) is 12.3. The molecule has 3 atom stereocenters. The molecule has 94 valence electrons. The predicted molar refractivity (Wildman–Crippen MR) is 71.4 cm³/mol. The number of allylic oxidation sites excluding steroid dienone is 1. The zero-order chi connectivity index (χ0) is 12.9. The molecule has 0 bridgehead atoms. The molecule has 17 heavy (non-hydrogen) atoms. The fourth-order valence-corrected chi connectivity index (χ4v) is 4.11. The maximum absolute atomic E-state index is 11.0. The second-order valence-corrected chi connectivity index (χ2v) is 6.73. The van der Waals surface area contributed by atoms with Crippen LogP contribution in [-0.2, 0) is 0 Å². The maximum Gasteiger partial charge on any atom is 0.137 e. The lowest BCUT2D eigenvalue weighted by molar-refractivity contribution is -0.0781. The van der Waals surface area contributed by atoms with Gasteiger partial charge in [0.25, 0.3) is 0 Å². The molecule has 2 rings (SSSR count). The van der Waals surface area contributed by atoms with Gasteiger partial charge in [-0.25, -0.2) is 0 Å². The largest absolute Gasteiger partial charge is 0.376 e. The van der Waals surface area contributed by atoms with Gasteiger partial charge in [-0.15, -0.1) is 6.42 Å². The normalized spacial score (nSPS) is 44.5. The monoisotopic (exact) mass is 232 g/mol. The minimum atomic E-state index is -0.977. The Balaban J connectivity index is 2.58. The van der Waals surface area contributed by atoms with Crippen LogP contribution in [0.3, 0.4) is 0 Å². The van der Waals surface area contributed by atoms with Gasteiger partial charge in [-0.05, 0) is 24.7 Å². The van der Waals surface area contributed by atoms with Gasteiger partial charge in [0.2, 0.25) is 0 Å². The molecule has 1 saturated carbocycles. The number of hydrogen-bond donors (Lipinski definition) is 1. The minimum absolute atomic E-state index is 0.148. The summed E-state index contributed by atoms with van der Waals surface area (Å²) < 4.78 is 0. The summed E-state index contributed by atoms with van der Waals surface area (Å²) >= 11 is 0. The molecule has 2 unspecified atom stereocenters. The third kappa shape index (κ3) is 1.50. The van der Waals surface area contributed by atoms with Gasteiger partial charge in [0.05, 0.1) is 0 Å². The number of terminal acetylenes is 1. The molecule has 1 fully saturated rings. The average Bonchev–Trinajstić information content (AvgIpc) is 2.24. The van der Waals surface area contributed by atoms with Crippen LogP contribution in [0, 0.1) is 29.1 Å². The van der Waals surface area contributed by atoms with Gasteiger partial charge < -0.3 is 5.11 Å². The molecule has 0 aromatic carbocycles. The molecular weight excluding hydrogens is 208 g/mol. The van der Waals surface area contributed by atoms with Crippen molar-refractivity contribution in [3.8, 4) is 12.3 Å². The van der Waals surface area contributed by atoms with Crippen LogP contribution < -0.4 is 0 Å². The highest BCUT2D eigenvalue weighted by Crippen LogP contribution is 2.59. The first-order valence-corrected chi connectivity index (χ1v) is 6.69. The lowest BCUT2D eigenvalue weighted by Gasteiger charge is -2.56. The van der Waals surface area contributed by atoms with Crippen molar-refractivity contribution in [2.24, 2.45) is 16.7 Å². The predicted octanol–water partition coefficient (Wildman–Crippen LogP) is 3.53. The molecule has 1 heteroatoms. The molecule has 0 aromatic heterocycles. The molecule has 1 N–H and O–H groups in total. The van der Waals surface area contributed by atoms with E-state index >= 15 is 0 Å². The standard InChI is InChI=1S/C16H24O/c1-6-16(17)12(2)8-9-13-14(3,4)10-7-11-15(13,16)5/h1,9,12,17H,7-8,10-11H2,2-5H3/t12?,15-,16?/m0/s1. The van der Waals surface area contributed by atoms with Crippen molar-refractivity contribution in [3.63, 3.8) is 0 Å². The molecule has 0 amide bonds. The molecule has 2 aliphatic rings. The number of aliphatic hydroxyl groups is 1. The molecule has 2 aliphatic carbocycles. The van der Waals surface area contributed by atoms with Gasteiger partial charge in [-0.3, -0.25) is 0 Å². The average molecular weight is 232 g/mol. The zero-order valence-electron chi connectivity index (χ0n) is 11.5. The van der Waals surface area contributed by atoms with Crippen LogP contribution >= 0.6 is 0 Å². The van der Waals surface area contributed by atoms with Crippen molar-refractivity contribution in [3.05, 3.63) is 11.6 Å². The van der Waals surface area contributed by atoms with Gasteiger partial charge in [0.1, 0.15) is 5.60 Å². The second kappa shape index (κ2) is 3.62. The van der Waals surface area contributed by atoms with Crippen LogP contribution in [-0.4, -0.2) is 10.7 Å². The fraction of sp³-hybridized carbons (Fsp3) is 0.750. The Kier molecular flexibility index (Phi) is 2.71. The van der Waals surface area contributed by atoms with Crippen LogP contribution in [0.5, 0.6) is 0 Å². The zero-order valence-corrected chi connectivity index (χ0v) is 11.5. The molecule has 0 radical (unpaired) electrons. The van der Waals surface area contributed by atoms with E-state index in [1.807, 2.05) is 0 Å². The van der Waals surface area contributed by atoms with Crippen molar-refractivity contribution >= 4 is 0 Å².